The number of rotatable bonds is 3. The molecule has 0 aliphatic heterocycles. The lowest BCUT2D eigenvalue weighted by Crippen LogP contribution is -2.07. The van der Waals surface area contributed by atoms with E-state index in [1.54, 1.807) is 6.07 Å². The van der Waals surface area contributed by atoms with Gasteiger partial charge in [-0.05, 0) is 48.5 Å². The summed E-state index contributed by atoms with van der Waals surface area (Å²) < 4.78 is 0. The predicted molar refractivity (Wildman–Crippen MR) is 83.9 cm³/mol. The zero-order chi connectivity index (χ0) is 15.1. The highest BCUT2D eigenvalue weighted by Gasteiger charge is 1.95. The first-order valence-corrected chi connectivity index (χ1v) is 6.38. The van der Waals surface area contributed by atoms with Crippen LogP contribution in [0.25, 0.3) is 0 Å². The van der Waals surface area contributed by atoms with Crippen molar-refractivity contribution in [3.05, 3.63) is 54.1 Å². The molecule has 0 saturated heterocycles. The molecule has 102 valence electrons. The molecule has 0 radical (unpaired) electrons. The van der Waals surface area contributed by atoms with Crippen LogP contribution < -0.4 is 4.90 Å². The van der Waals surface area contributed by atoms with Crippen LogP contribution in [0.3, 0.4) is 0 Å². The van der Waals surface area contributed by atoms with E-state index in [4.69, 9.17) is 5.26 Å². The molecule has 0 N–H and O–H groups in total. The Bertz CT molecular complexity index is 724. The Labute approximate surface area is 124 Å². The molecule has 0 fully saturated rings. The number of anilines is 1. The number of azo groups is 1. The summed E-state index contributed by atoms with van der Waals surface area (Å²) in [4.78, 5) is 2.03. The first-order chi connectivity index (χ1) is 10.2. The maximum absolute atomic E-state index is 8.39. The number of hydrogen-bond donors (Lipinski definition) is 0. The second-order valence-corrected chi connectivity index (χ2v) is 4.52. The summed E-state index contributed by atoms with van der Waals surface area (Å²) in [7, 11) is 3.99. The van der Waals surface area contributed by atoms with Crippen molar-refractivity contribution in [2.24, 2.45) is 10.2 Å². The van der Waals surface area contributed by atoms with Crippen LogP contribution in [0.5, 0.6) is 0 Å². The highest BCUT2D eigenvalue weighted by molar-refractivity contribution is 5.52. The van der Waals surface area contributed by atoms with Gasteiger partial charge in [0.15, 0.2) is 6.07 Å². The van der Waals surface area contributed by atoms with Crippen LogP contribution in [0.1, 0.15) is 5.56 Å². The van der Waals surface area contributed by atoms with E-state index in [0.717, 1.165) is 22.6 Å². The van der Waals surface area contributed by atoms with Crippen molar-refractivity contribution in [1.82, 2.24) is 0 Å². The Morgan fingerprint density at radius 2 is 1.38 bits per heavy atom. The van der Waals surface area contributed by atoms with Gasteiger partial charge in [-0.25, -0.2) is 0 Å². The fourth-order valence-corrected chi connectivity index (χ4v) is 1.64. The summed E-state index contributed by atoms with van der Waals surface area (Å²) in [6.45, 7) is 0. The van der Waals surface area contributed by atoms with Gasteiger partial charge in [-0.3, -0.25) is 0 Å². The molecule has 2 rings (SSSR count). The van der Waals surface area contributed by atoms with Crippen LogP contribution in [-0.4, -0.2) is 14.1 Å². The average Bonchev–Trinajstić information content (AvgIpc) is 2.52. The van der Waals surface area contributed by atoms with E-state index >= 15 is 0 Å². The SMILES string of the molecule is CN(C)c1ccc(N=Nc2ccc(C#CC#N)cc2)cc1. The highest BCUT2D eigenvalue weighted by atomic mass is 15.1. The molecule has 4 nitrogen and oxygen atoms in total. The van der Waals surface area contributed by atoms with Gasteiger partial charge >= 0.3 is 0 Å². The van der Waals surface area contributed by atoms with Gasteiger partial charge in [-0.2, -0.15) is 15.5 Å². The summed E-state index contributed by atoms with van der Waals surface area (Å²) in [5.41, 5.74) is 3.45. The molecular weight excluding hydrogens is 260 g/mol. The summed E-state index contributed by atoms with van der Waals surface area (Å²) in [6.07, 6.45) is 0. The number of hydrogen-bond acceptors (Lipinski definition) is 4. The quantitative estimate of drug-likeness (QED) is 0.626. The molecular formula is C17H14N4. The molecule has 4 heteroatoms. The Morgan fingerprint density at radius 1 is 0.857 bits per heavy atom. The average molecular weight is 274 g/mol. The maximum atomic E-state index is 8.39. The van der Waals surface area contributed by atoms with Gasteiger partial charge in [0.1, 0.15) is 0 Å². The molecule has 2 aromatic rings. The molecule has 0 bridgehead atoms. The molecule has 0 atom stereocenters. The zero-order valence-corrected chi connectivity index (χ0v) is 11.9. The molecule has 0 heterocycles. The highest BCUT2D eigenvalue weighted by Crippen LogP contribution is 2.21. The molecule has 2 aromatic carbocycles. The van der Waals surface area contributed by atoms with Crippen LogP contribution in [0.15, 0.2) is 58.8 Å². The van der Waals surface area contributed by atoms with Gasteiger partial charge in [-0.1, -0.05) is 5.92 Å². The standard InChI is InChI=1S/C17H14N4/c1-21(2)17-11-9-16(10-12-17)20-19-15-7-5-14(6-8-15)4-3-13-18/h5-12H,1-2H3. The lowest BCUT2D eigenvalue weighted by Gasteiger charge is -2.11. The van der Waals surface area contributed by atoms with Crippen molar-refractivity contribution < 1.29 is 0 Å². The van der Waals surface area contributed by atoms with Gasteiger partial charge < -0.3 is 4.90 Å². The lowest BCUT2D eigenvalue weighted by molar-refractivity contribution is 1.13. The molecule has 0 aliphatic rings. The molecule has 21 heavy (non-hydrogen) atoms. The monoisotopic (exact) mass is 274 g/mol. The Morgan fingerprint density at radius 3 is 1.86 bits per heavy atom. The first-order valence-electron chi connectivity index (χ1n) is 6.38. The molecule has 0 amide bonds. The third kappa shape index (κ3) is 4.19. The van der Waals surface area contributed by atoms with Gasteiger partial charge in [-0.15, -0.1) is 0 Å². The van der Waals surface area contributed by atoms with Gasteiger partial charge in [0.05, 0.1) is 11.4 Å². The van der Waals surface area contributed by atoms with Crippen LogP contribution >= 0.6 is 0 Å². The van der Waals surface area contributed by atoms with Crippen molar-refractivity contribution in [3.63, 3.8) is 0 Å². The van der Waals surface area contributed by atoms with E-state index in [1.165, 1.54) is 0 Å². The molecule has 0 aromatic heterocycles. The van der Waals surface area contributed by atoms with Crippen molar-refractivity contribution in [2.75, 3.05) is 19.0 Å². The van der Waals surface area contributed by atoms with Crippen molar-refractivity contribution >= 4 is 17.1 Å². The van der Waals surface area contributed by atoms with Crippen LogP contribution in [0.4, 0.5) is 17.1 Å². The summed E-state index contributed by atoms with van der Waals surface area (Å²) in [6, 6.07) is 16.9. The third-order valence-corrected chi connectivity index (χ3v) is 2.78. The Kier molecular flexibility index (Phi) is 4.69. The van der Waals surface area contributed by atoms with Crippen LogP contribution in [0.2, 0.25) is 0 Å². The third-order valence-electron chi connectivity index (χ3n) is 2.78. The van der Waals surface area contributed by atoms with E-state index in [9.17, 15) is 0 Å². The first kappa shape index (κ1) is 14.3. The fourth-order valence-electron chi connectivity index (χ4n) is 1.64. The zero-order valence-electron chi connectivity index (χ0n) is 11.9. The van der Waals surface area contributed by atoms with Crippen LogP contribution in [-0.2, 0) is 0 Å². The predicted octanol–water partition coefficient (Wildman–Crippen LogP) is 4.04. The van der Waals surface area contributed by atoms with E-state index in [0.29, 0.717) is 0 Å². The van der Waals surface area contributed by atoms with E-state index in [1.807, 2.05) is 67.5 Å². The van der Waals surface area contributed by atoms with Crippen molar-refractivity contribution in [2.45, 2.75) is 0 Å². The summed E-state index contributed by atoms with van der Waals surface area (Å²) in [5, 5.41) is 16.7. The largest absolute Gasteiger partial charge is 0.378 e. The minimum Gasteiger partial charge on any atom is -0.378 e. The van der Waals surface area contributed by atoms with Crippen LogP contribution in [0, 0.1) is 23.2 Å². The van der Waals surface area contributed by atoms with Gasteiger partial charge in [0, 0.05) is 31.3 Å². The van der Waals surface area contributed by atoms with Crippen molar-refractivity contribution in [1.29, 1.82) is 5.26 Å². The second-order valence-electron chi connectivity index (χ2n) is 4.52. The number of nitriles is 1. The second kappa shape index (κ2) is 6.88. The fraction of sp³-hybridized carbons (Fsp3) is 0.118. The van der Waals surface area contributed by atoms with E-state index in [-0.39, 0.29) is 0 Å². The van der Waals surface area contributed by atoms with E-state index in [2.05, 4.69) is 22.1 Å². The summed E-state index contributed by atoms with van der Waals surface area (Å²) in [5.74, 6) is 5.08. The molecule has 0 aliphatic carbocycles. The number of nitrogens with zero attached hydrogens (tertiary/aromatic N) is 4. The number of benzene rings is 2. The summed E-state index contributed by atoms with van der Waals surface area (Å²) >= 11 is 0. The molecule has 0 saturated carbocycles. The topological polar surface area (TPSA) is 51.8 Å². The van der Waals surface area contributed by atoms with Gasteiger partial charge in [0.2, 0.25) is 0 Å². The van der Waals surface area contributed by atoms with E-state index < -0.39 is 0 Å². The maximum Gasteiger partial charge on any atom is 0.152 e. The van der Waals surface area contributed by atoms with Gasteiger partial charge in [0.25, 0.3) is 0 Å². The van der Waals surface area contributed by atoms with Crippen molar-refractivity contribution in [3.8, 4) is 17.9 Å². The lowest BCUT2D eigenvalue weighted by atomic mass is 10.2. The normalized spacial score (nSPS) is 9.76. The smallest absolute Gasteiger partial charge is 0.152 e. The minimum absolute atomic E-state index is 0.745. The minimum atomic E-state index is 0.745. The molecule has 0 spiro atoms. The Balaban J connectivity index is 2.08. The Hall–Kier alpha value is -3.11. The molecule has 0 unspecified atom stereocenters.